The molecule has 0 aliphatic carbocycles. The maximum atomic E-state index is 11.9. The normalized spacial score (nSPS) is 11.3. The summed E-state index contributed by atoms with van der Waals surface area (Å²) >= 11 is 5.75. The largest absolute Gasteiger partial charge is 0.356 e. The molecule has 0 atom stereocenters. The fourth-order valence-electron chi connectivity index (χ4n) is 2.11. The molecule has 134 valence electrons. The minimum atomic E-state index is -0.225. The van der Waals surface area contributed by atoms with E-state index in [-0.39, 0.29) is 11.8 Å². The quantitative estimate of drug-likeness (QED) is 0.337. The zero-order valence-electron chi connectivity index (χ0n) is 13.9. The second-order valence-electron chi connectivity index (χ2n) is 5.41. The molecule has 0 unspecified atom stereocenters. The monoisotopic (exact) mass is 378 g/mol. The molecule has 2 rings (SSSR count). The Balaban J connectivity index is 1.53. The van der Waals surface area contributed by atoms with Crippen molar-refractivity contribution in [1.29, 1.82) is 0 Å². The summed E-state index contributed by atoms with van der Waals surface area (Å²) in [5.41, 5.74) is 0. The Morgan fingerprint density at radius 2 is 2.12 bits per heavy atom. The van der Waals surface area contributed by atoms with Crippen LogP contribution in [0, 0.1) is 0 Å². The highest BCUT2D eigenvalue weighted by Crippen LogP contribution is 2.15. The van der Waals surface area contributed by atoms with Crippen molar-refractivity contribution in [2.75, 3.05) is 13.1 Å². The van der Waals surface area contributed by atoms with E-state index in [1.807, 2.05) is 28.3 Å². The topological polar surface area (TPSA) is 76.0 Å². The van der Waals surface area contributed by atoms with Crippen molar-refractivity contribution in [2.24, 2.45) is 0 Å². The van der Waals surface area contributed by atoms with Gasteiger partial charge in [-0.15, -0.1) is 24.0 Å². The van der Waals surface area contributed by atoms with Crippen LogP contribution in [0.15, 0.2) is 41.1 Å². The fourth-order valence-corrected chi connectivity index (χ4v) is 3.07. The Hall–Kier alpha value is -2.06. The van der Waals surface area contributed by atoms with E-state index in [9.17, 15) is 9.59 Å². The molecule has 0 bridgehead atoms. The van der Waals surface area contributed by atoms with Gasteiger partial charge >= 0.3 is 0 Å². The Bertz CT molecular complexity index is 682. The number of imidazole rings is 1. The lowest BCUT2D eigenvalue weighted by Crippen LogP contribution is -2.28. The third-order valence-corrected chi connectivity index (χ3v) is 4.55. The smallest absolute Gasteiger partial charge is 0.257 e. The maximum absolute atomic E-state index is 11.9. The number of amides is 2. The van der Waals surface area contributed by atoms with Gasteiger partial charge in [-0.05, 0) is 30.4 Å². The van der Waals surface area contributed by atoms with Crippen molar-refractivity contribution in [3.05, 3.63) is 46.0 Å². The van der Waals surface area contributed by atoms with Crippen LogP contribution in [0.5, 0.6) is 0 Å². The summed E-state index contributed by atoms with van der Waals surface area (Å²) in [7, 11) is 0. The number of hydrogen-bond acceptors (Lipinski definition) is 5. The molecule has 0 fully saturated rings. The number of rotatable bonds is 10. The van der Waals surface area contributed by atoms with Crippen LogP contribution in [0.2, 0.25) is 0 Å². The number of carbonyl (C=O) groups excluding carboxylic acids is 2. The van der Waals surface area contributed by atoms with Gasteiger partial charge in [0.05, 0.1) is 11.2 Å². The molecule has 2 amide bonds. The van der Waals surface area contributed by atoms with Crippen molar-refractivity contribution >= 4 is 41.9 Å². The molecule has 2 heterocycles. The number of thiophene rings is 1. The molecule has 0 aliphatic rings. The molecule has 8 heteroatoms. The number of nitrogens with zero attached hydrogens (tertiary/aromatic N) is 2. The Labute approximate surface area is 156 Å². The van der Waals surface area contributed by atoms with Crippen molar-refractivity contribution in [1.82, 2.24) is 20.2 Å². The average Bonchev–Trinajstić information content (AvgIpc) is 3.29. The number of hydrogen-bond donors (Lipinski definition) is 3. The van der Waals surface area contributed by atoms with Crippen LogP contribution in [0.25, 0.3) is 6.08 Å². The highest BCUT2D eigenvalue weighted by atomic mass is 32.1. The predicted octanol–water partition coefficient (Wildman–Crippen LogP) is 2.32. The summed E-state index contributed by atoms with van der Waals surface area (Å²) in [6.07, 6.45) is 8.96. The van der Waals surface area contributed by atoms with Crippen LogP contribution in [-0.4, -0.2) is 34.5 Å². The molecule has 0 radical (unpaired) electrons. The molecule has 0 spiro atoms. The van der Waals surface area contributed by atoms with E-state index in [0.29, 0.717) is 30.8 Å². The molecule has 2 aromatic rings. The molecular weight excluding hydrogens is 356 g/mol. The highest BCUT2D eigenvalue weighted by molar-refractivity contribution is 7.85. The van der Waals surface area contributed by atoms with Gasteiger partial charge in [-0.25, -0.2) is 4.98 Å². The van der Waals surface area contributed by atoms with E-state index in [0.717, 1.165) is 17.8 Å². The van der Waals surface area contributed by atoms with Crippen molar-refractivity contribution in [3.8, 4) is 0 Å². The number of aryl methyl sites for hydroxylation is 1. The number of aromatic nitrogens is 2. The molecule has 2 aromatic heterocycles. The molecule has 2 N–H and O–H groups in total. The molecule has 0 saturated carbocycles. The Morgan fingerprint density at radius 3 is 2.84 bits per heavy atom. The molecule has 25 heavy (non-hydrogen) atoms. The lowest BCUT2D eigenvalue weighted by atomic mass is 10.3. The lowest BCUT2D eigenvalue weighted by molar-refractivity contribution is -0.121. The number of carbonyl (C=O) groups is 2. The van der Waals surface area contributed by atoms with E-state index in [4.69, 9.17) is 0 Å². The third-order valence-electron chi connectivity index (χ3n) is 3.40. The Kier molecular flexibility index (Phi) is 8.27. The van der Waals surface area contributed by atoms with Crippen LogP contribution in [-0.2, 0) is 16.1 Å². The summed E-state index contributed by atoms with van der Waals surface area (Å²) in [5, 5.41) is 7.59. The first-order valence-electron chi connectivity index (χ1n) is 8.10. The van der Waals surface area contributed by atoms with Crippen LogP contribution >= 0.6 is 24.0 Å². The van der Waals surface area contributed by atoms with Gasteiger partial charge in [0.1, 0.15) is 0 Å². The van der Waals surface area contributed by atoms with Gasteiger partial charge in [0, 0.05) is 43.3 Å². The van der Waals surface area contributed by atoms with Gasteiger partial charge < -0.3 is 15.2 Å². The molecule has 0 aromatic carbocycles. The molecule has 0 aliphatic heterocycles. The molecule has 0 saturated heterocycles. The number of thiol groups is 1. The van der Waals surface area contributed by atoms with Crippen molar-refractivity contribution in [3.63, 3.8) is 0 Å². The SMILES string of the molecule is O=C(CCCNC(=O)/C(S)=C/c1cccs1)NCCCn1ccnc1. The van der Waals surface area contributed by atoms with Crippen molar-refractivity contribution < 1.29 is 9.59 Å². The summed E-state index contributed by atoms with van der Waals surface area (Å²) in [6, 6.07) is 3.84. The molecule has 6 nitrogen and oxygen atoms in total. The fraction of sp³-hybridized carbons (Fsp3) is 0.353. The van der Waals surface area contributed by atoms with Crippen LogP contribution in [0.1, 0.15) is 24.1 Å². The zero-order valence-corrected chi connectivity index (χ0v) is 15.6. The second kappa shape index (κ2) is 10.7. The van der Waals surface area contributed by atoms with Gasteiger partial charge in [0.15, 0.2) is 0 Å². The van der Waals surface area contributed by atoms with Gasteiger partial charge in [0.25, 0.3) is 5.91 Å². The van der Waals surface area contributed by atoms with E-state index in [1.165, 1.54) is 0 Å². The zero-order chi connectivity index (χ0) is 17.9. The highest BCUT2D eigenvalue weighted by Gasteiger charge is 2.06. The lowest BCUT2D eigenvalue weighted by Gasteiger charge is -2.07. The summed E-state index contributed by atoms with van der Waals surface area (Å²) in [4.78, 5) is 28.9. The minimum absolute atomic E-state index is 0.0000969. The van der Waals surface area contributed by atoms with E-state index < -0.39 is 0 Å². The first-order chi connectivity index (χ1) is 12.1. The number of nitrogens with one attached hydrogen (secondary N) is 2. The summed E-state index contributed by atoms with van der Waals surface area (Å²) in [5.74, 6) is -0.224. The first-order valence-corrected chi connectivity index (χ1v) is 9.42. The third kappa shape index (κ3) is 7.57. The average molecular weight is 379 g/mol. The summed E-state index contributed by atoms with van der Waals surface area (Å²) in [6.45, 7) is 1.91. The van der Waals surface area contributed by atoms with Crippen LogP contribution < -0.4 is 10.6 Å². The van der Waals surface area contributed by atoms with Gasteiger partial charge in [-0.3, -0.25) is 9.59 Å². The standard InChI is InChI=1S/C17H22N4O2S2/c22-16(19-7-3-9-21-10-8-18-13-21)5-1-6-20-17(23)15(24)12-14-4-2-11-25-14/h2,4,8,10-13,24H,1,3,5-7,9H2,(H,19,22)(H,20,23)/b15-12-. The van der Waals surface area contributed by atoms with E-state index in [2.05, 4.69) is 28.2 Å². The van der Waals surface area contributed by atoms with Gasteiger partial charge in [-0.2, -0.15) is 0 Å². The van der Waals surface area contributed by atoms with E-state index >= 15 is 0 Å². The second-order valence-corrected chi connectivity index (χ2v) is 6.87. The molecular formula is C17H22N4O2S2. The summed E-state index contributed by atoms with van der Waals surface area (Å²) < 4.78 is 1.97. The van der Waals surface area contributed by atoms with E-state index in [1.54, 1.807) is 29.9 Å². The van der Waals surface area contributed by atoms with Gasteiger partial charge in [0.2, 0.25) is 5.91 Å². The first kappa shape index (κ1) is 19.3. The predicted molar refractivity (Wildman–Crippen MR) is 103 cm³/mol. The minimum Gasteiger partial charge on any atom is -0.356 e. The maximum Gasteiger partial charge on any atom is 0.257 e. The Morgan fingerprint density at radius 1 is 1.28 bits per heavy atom. The van der Waals surface area contributed by atoms with Crippen molar-refractivity contribution in [2.45, 2.75) is 25.8 Å². The van der Waals surface area contributed by atoms with Crippen LogP contribution in [0.4, 0.5) is 0 Å². The van der Waals surface area contributed by atoms with Gasteiger partial charge in [-0.1, -0.05) is 6.07 Å². The van der Waals surface area contributed by atoms with Crippen LogP contribution in [0.3, 0.4) is 0 Å².